The van der Waals surface area contributed by atoms with Crippen molar-refractivity contribution < 1.29 is 4.74 Å². The van der Waals surface area contributed by atoms with Gasteiger partial charge in [-0.15, -0.1) is 0 Å². The van der Waals surface area contributed by atoms with Gasteiger partial charge in [0, 0.05) is 13.0 Å². The van der Waals surface area contributed by atoms with Crippen molar-refractivity contribution in [3.8, 4) is 0 Å². The topological polar surface area (TPSA) is 47.9 Å². The van der Waals surface area contributed by atoms with Crippen LogP contribution in [0.4, 0.5) is 0 Å². The third-order valence-corrected chi connectivity index (χ3v) is 7.02. The molecule has 2 saturated carbocycles. The van der Waals surface area contributed by atoms with E-state index in [1.165, 1.54) is 12.8 Å². The summed E-state index contributed by atoms with van der Waals surface area (Å²) in [6, 6.07) is 0. The quantitative estimate of drug-likeness (QED) is 0.295. The Morgan fingerprint density at radius 2 is 1.13 bits per heavy atom. The van der Waals surface area contributed by atoms with E-state index in [4.69, 9.17) is 74.3 Å². The van der Waals surface area contributed by atoms with Crippen molar-refractivity contribution in [2.75, 3.05) is 7.11 Å². The number of nitrogens with zero attached hydrogens (tertiary/aromatic N) is 3. The summed E-state index contributed by atoms with van der Waals surface area (Å²) in [7, 11) is 1.80. The van der Waals surface area contributed by atoms with Crippen molar-refractivity contribution in [2.24, 2.45) is 11.8 Å². The lowest BCUT2D eigenvalue weighted by Crippen LogP contribution is -2.22. The minimum absolute atomic E-state index is 0.0208. The lowest BCUT2D eigenvalue weighted by Gasteiger charge is -2.28. The van der Waals surface area contributed by atoms with E-state index in [9.17, 15) is 0 Å². The number of aromatic nitrogens is 3. The molecule has 0 aromatic carbocycles. The Morgan fingerprint density at radius 1 is 0.700 bits per heavy atom. The monoisotopic (exact) mass is 533 g/mol. The molecule has 0 spiro atoms. The van der Waals surface area contributed by atoms with E-state index >= 15 is 0 Å². The van der Waals surface area contributed by atoms with Crippen LogP contribution >= 0.6 is 69.6 Å². The van der Waals surface area contributed by atoms with Crippen LogP contribution in [-0.2, 0) is 12.3 Å². The molecule has 0 N–H and O–H groups in total. The summed E-state index contributed by atoms with van der Waals surface area (Å²) >= 11 is 35.9. The maximum Gasteiger partial charge on any atom is 0.250 e. The van der Waals surface area contributed by atoms with Gasteiger partial charge < -0.3 is 4.74 Å². The van der Waals surface area contributed by atoms with Crippen molar-refractivity contribution in [1.29, 1.82) is 0 Å². The predicted molar refractivity (Wildman–Crippen MR) is 125 cm³/mol. The van der Waals surface area contributed by atoms with Crippen LogP contribution in [0.25, 0.3) is 0 Å². The number of hydrogen-bond acceptors (Lipinski definition) is 4. The van der Waals surface area contributed by atoms with Crippen molar-refractivity contribution in [3.63, 3.8) is 0 Å². The van der Waals surface area contributed by atoms with Crippen LogP contribution in [0.3, 0.4) is 0 Å². The zero-order chi connectivity index (χ0) is 21.9. The molecular formula is C20H25Cl6N3O. The number of methoxy groups -OCH3 is 1. The molecule has 0 atom stereocenters. The first kappa shape index (κ1) is 25.1. The van der Waals surface area contributed by atoms with E-state index in [1.807, 2.05) is 0 Å². The van der Waals surface area contributed by atoms with Crippen molar-refractivity contribution in [2.45, 2.75) is 71.0 Å². The van der Waals surface area contributed by atoms with Gasteiger partial charge in [0.2, 0.25) is 7.59 Å². The lowest BCUT2D eigenvalue weighted by molar-refractivity contribution is 0.0626. The minimum atomic E-state index is -1.82. The summed E-state index contributed by atoms with van der Waals surface area (Å²) in [5.74, 6) is 1.82. The Labute approximate surface area is 208 Å². The molecule has 2 aliphatic rings. The second-order valence-corrected chi connectivity index (χ2v) is 12.7. The maximum absolute atomic E-state index is 5.98. The van der Waals surface area contributed by atoms with E-state index in [2.05, 4.69) is 27.1 Å². The molecule has 0 bridgehead atoms. The van der Waals surface area contributed by atoms with Gasteiger partial charge in [-0.25, -0.2) is 15.0 Å². The summed E-state index contributed by atoms with van der Waals surface area (Å²) in [6.45, 7) is 0. The second-order valence-electron chi connectivity index (χ2n) is 8.11. The highest BCUT2D eigenvalue weighted by molar-refractivity contribution is 6.67. The number of rotatable bonds is 4. The molecule has 0 unspecified atom stereocenters. The number of alkyl halides is 6. The fourth-order valence-electron chi connectivity index (χ4n) is 4.23. The van der Waals surface area contributed by atoms with E-state index in [-0.39, 0.29) is 17.6 Å². The van der Waals surface area contributed by atoms with Crippen molar-refractivity contribution >= 4 is 69.6 Å². The molecule has 2 aliphatic carbocycles. The van der Waals surface area contributed by atoms with E-state index in [0.29, 0.717) is 23.8 Å². The normalized spacial score (nSPS) is 28.8. The molecule has 4 nitrogen and oxygen atoms in total. The molecule has 3 rings (SSSR count). The first-order valence-corrected chi connectivity index (χ1v) is 12.4. The molecule has 0 radical (unpaired) electrons. The van der Waals surface area contributed by atoms with Crippen LogP contribution in [0.5, 0.6) is 0 Å². The number of ether oxygens (including phenoxy) is 1. The Hall–Kier alpha value is 0.450. The van der Waals surface area contributed by atoms with Crippen LogP contribution in [0, 0.1) is 11.8 Å². The molecule has 30 heavy (non-hydrogen) atoms. The molecule has 0 amide bonds. The van der Waals surface area contributed by atoms with Gasteiger partial charge in [-0.2, -0.15) is 0 Å². The lowest BCUT2D eigenvalue weighted by atomic mass is 9.80. The van der Waals surface area contributed by atoms with E-state index in [1.54, 1.807) is 7.11 Å². The largest absolute Gasteiger partial charge is 0.381 e. The van der Waals surface area contributed by atoms with Crippen LogP contribution < -0.4 is 0 Å². The maximum atomic E-state index is 5.98. The standard InChI is InChI=1S/C20H25Cl6N3O/c1-30-15-10-6-13(7-11-15)3-2-12-4-8-14(9-5-12)16-27-17(19(21,22)23)29-18(28-16)20(24,25)26/h2-3,12-15H,4-11H2,1H3. The zero-order valence-corrected chi connectivity index (χ0v) is 21.2. The third kappa shape index (κ3) is 6.97. The van der Waals surface area contributed by atoms with Gasteiger partial charge in [0.15, 0.2) is 11.6 Å². The minimum Gasteiger partial charge on any atom is -0.381 e. The van der Waals surface area contributed by atoms with Gasteiger partial charge in [0.05, 0.1) is 6.10 Å². The van der Waals surface area contributed by atoms with Crippen LogP contribution in [-0.4, -0.2) is 28.2 Å². The van der Waals surface area contributed by atoms with Gasteiger partial charge >= 0.3 is 0 Å². The highest BCUT2D eigenvalue weighted by atomic mass is 35.6. The smallest absolute Gasteiger partial charge is 0.250 e. The van der Waals surface area contributed by atoms with E-state index in [0.717, 1.165) is 38.5 Å². The molecule has 1 heterocycles. The van der Waals surface area contributed by atoms with Gasteiger partial charge in [-0.3, -0.25) is 0 Å². The Kier molecular flexibility index (Phi) is 8.85. The first-order chi connectivity index (χ1) is 14.1. The molecule has 0 saturated heterocycles. The SMILES string of the molecule is COC1CCC(C=CC2CCC(c3nc(C(Cl)(Cl)Cl)nc(C(Cl)(Cl)Cl)n3)CC2)CC1. The third-order valence-electron chi connectivity index (χ3n) is 6.00. The number of halogens is 6. The molecule has 1 aromatic rings. The highest BCUT2D eigenvalue weighted by Crippen LogP contribution is 2.42. The van der Waals surface area contributed by atoms with Gasteiger partial charge in [0.1, 0.15) is 5.82 Å². The Bertz CT molecular complexity index is 701. The summed E-state index contributed by atoms with van der Waals surface area (Å²) < 4.78 is 1.83. The fraction of sp³-hybridized carbons (Fsp3) is 0.750. The molecule has 10 heteroatoms. The molecule has 0 aliphatic heterocycles. The Morgan fingerprint density at radius 3 is 1.53 bits per heavy atom. The average molecular weight is 536 g/mol. The fourth-order valence-corrected chi connectivity index (χ4v) is 4.74. The first-order valence-electron chi connectivity index (χ1n) is 10.2. The van der Waals surface area contributed by atoms with E-state index < -0.39 is 7.59 Å². The zero-order valence-electron chi connectivity index (χ0n) is 16.6. The summed E-state index contributed by atoms with van der Waals surface area (Å²) in [4.78, 5) is 12.8. The summed E-state index contributed by atoms with van der Waals surface area (Å²) in [5, 5.41) is 0. The highest BCUT2D eigenvalue weighted by Gasteiger charge is 2.35. The van der Waals surface area contributed by atoms with Crippen LogP contribution in [0.2, 0.25) is 0 Å². The number of hydrogen-bond donors (Lipinski definition) is 0. The number of allylic oxidation sites excluding steroid dienone is 2. The van der Waals surface area contributed by atoms with Crippen molar-refractivity contribution in [3.05, 3.63) is 29.6 Å². The van der Waals surface area contributed by atoms with Gasteiger partial charge in [-0.05, 0) is 63.2 Å². The van der Waals surface area contributed by atoms with Crippen molar-refractivity contribution in [1.82, 2.24) is 15.0 Å². The molecule has 168 valence electrons. The molecule has 2 fully saturated rings. The van der Waals surface area contributed by atoms with Gasteiger partial charge in [-0.1, -0.05) is 81.8 Å². The second kappa shape index (κ2) is 10.6. The average Bonchev–Trinajstić information content (AvgIpc) is 2.71. The molecular weight excluding hydrogens is 511 g/mol. The van der Waals surface area contributed by atoms with Gasteiger partial charge in [0.25, 0.3) is 0 Å². The Balaban J connectivity index is 1.62. The van der Waals surface area contributed by atoms with Crippen LogP contribution in [0.1, 0.15) is 74.8 Å². The van der Waals surface area contributed by atoms with Crippen LogP contribution in [0.15, 0.2) is 12.2 Å². The summed E-state index contributed by atoms with van der Waals surface area (Å²) in [5.41, 5.74) is 0. The summed E-state index contributed by atoms with van der Waals surface area (Å²) in [6.07, 6.45) is 13.9. The molecule has 1 aromatic heterocycles. The predicted octanol–water partition coefficient (Wildman–Crippen LogP) is 7.56.